The van der Waals surface area contributed by atoms with Gasteiger partial charge in [0.25, 0.3) is 0 Å². The van der Waals surface area contributed by atoms with Crippen molar-refractivity contribution in [2.24, 2.45) is 5.84 Å². The van der Waals surface area contributed by atoms with E-state index in [0.29, 0.717) is 11.5 Å². The van der Waals surface area contributed by atoms with E-state index in [4.69, 9.17) is 10.4 Å². The molecule has 6 heteroatoms. The van der Waals surface area contributed by atoms with Crippen LogP contribution in [0.2, 0.25) is 0 Å². The number of rotatable bonds is 3. The molecule has 2 rings (SSSR count). The molecule has 0 aliphatic rings. The van der Waals surface area contributed by atoms with Gasteiger partial charge >= 0.3 is 0 Å². The Kier molecular flexibility index (Phi) is 3.78. The average molecular weight is 310 g/mol. The third-order valence-electron chi connectivity index (χ3n) is 2.59. The number of nitrogens with one attached hydrogen (secondary N) is 1. The quantitative estimate of drug-likeness (QED) is 0.516. The summed E-state index contributed by atoms with van der Waals surface area (Å²) in [7, 11) is 0. The molecule has 5 nitrogen and oxygen atoms in total. The Labute approximate surface area is 112 Å². The highest BCUT2D eigenvalue weighted by Crippen LogP contribution is 2.27. The number of hydrazine groups is 1. The lowest BCUT2D eigenvalue weighted by Gasteiger charge is -2.02. The molecule has 18 heavy (non-hydrogen) atoms. The molecular formula is C12H12BrN3O2. The smallest absolute Gasteiger partial charge is 0.238 e. The minimum Gasteiger partial charge on any atom is -0.356 e. The van der Waals surface area contributed by atoms with Crippen LogP contribution in [-0.2, 0) is 11.2 Å². The molecule has 0 fully saturated rings. The van der Waals surface area contributed by atoms with Crippen LogP contribution < -0.4 is 11.3 Å². The van der Waals surface area contributed by atoms with Gasteiger partial charge < -0.3 is 4.52 Å². The lowest BCUT2D eigenvalue weighted by Crippen LogP contribution is -2.31. The minimum absolute atomic E-state index is 0.150. The van der Waals surface area contributed by atoms with Crippen LogP contribution in [0.25, 0.3) is 11.3 Å². The molecule has 1 aromatic heterocycles. The first-order chi connectivity index (χ1) is 8.61. The lowest BCUT2D eigenvalue weighted by molar-refractivity contribution is -0.120. The van der Waals surface area contributed by atoms with Gasteiger partial charge in [0, 0.05) is 15.6 Å². The largest absolute Gasteiger partial charge is 0.356 e. The topological polar surface area (TPSA) is 81.2 Å². The monoisotopic (exact) mass is 309 g/mol. The fourth-order valence-corrected chi connectivity index (χ4v) is 1.90. The van der Waals surface area contributed by atoms with Gasteiger partial charge in [-0.15, -0.1) is 0 Å². The second-order valence-corrected chi connectivity index (χ2v) is 4.74. The van der Waals surface area contributed by atoms with Crippen LogP contribution in [0, 0.1) is 6.92 Å². The number of carbonyl (C=O) groups excluding carboxylic acids is 1. The highest BCUT2D eigenvalue weighted by molar-refractivity contribution is 9.10. The molecule has 0 radical (unpaired) electrons. The number of aryl methyl sites for hydroxylation is 1. The normalized spacial score (nSPS) is 10.4. The molecule has 0 bridgehead atoms. The number of carbonyl (C=O) groups is 1. The van der Waals surface area contributed by atoms with Crippen molar-refractivity contribution in [2.45, 2.75) is 13.3 Å². The van der Waals surface area contributed by atoms with Crippen molar-refractivity contribution in [3.05, 3.63) is 40.0 Å². The molecule has 3 N–H and O–H groups in total. The van der Waals surface area contributed by atoms with Crippen molar-refractivity contribution >= 4 is 21.8 Å². The maximum Gasteiger partial charge on any atom is 0.238 e. The molecule has 0 spiro atoms. The van der Waals surface area contributed by atoms with Crippen LogP contribution in [0.15, 0.2) is 33.3 Å². The number of aromatic nitrogens is 1. The number of nitrogens with zero attached hydrogens (tertiary/aromatic N) is 1. The molecule has 0 aliphatic carbocycles. The second kappa shape index (κ2) is 5.32. The molecule has 2 aromatic rings. The summed E-state index contributed by atoms with van der Waals surface area (Å²) in [4.78, 5) is 11.4. The lowest BCUT2D eigenvalue weighted by atomic mass is 10.0. The molecule has 0 aliphatic heterocycles. The predicted molar refractivity (Wildman–Crippen MR) is 70.4 cm³/mol. The van der Waals surface area contributed by atoms with Gasteiger partial charge in [-0.2, -0.15) is 0 Å². The zero-order chi connectivity index (χ0) is 13.1. The molecule has 1 amide bonds. The SMILES string of the molecule is Cc1noc(-c2ccc(Br)cc2)c1CC(=O)NN. The van der Waals surface area contributed by atoms with Crippen LogP contribution in [0.5, 0.6) is 0 Å². The average Bonchev–Trinajstić information content (AvgIpc) is 2.72. The predicted octanol–water partition coefficient (Wildman–Crippen LogP) is 1.94. The summed E-state index contributed by atoms with van der Waals surface area (Å²) in [6.07, 6.45) is 0.150. The van der Waals surface area contributed by atoms with Gasteiger partial charge in [0.2, 0.25) is 5.91 Å². The fourth-order valence-electron chi connectivity index (χ4n) is 1.64. The van der Waals surface area contributed by atoms with Crippen LogP contribution in [0.1, 0.15) is 11.3 Å². The summed E-state index contributed by atoms with van der Waals surface area (Å²) in [5, 5.41) is 3.90. The second-order valence-electron chi connectivity index (χ2n) is 3.83. The summed E-state index contributed by atoms with van der Waals surface area (Å²) in [6, 6.07) is 7.60. The highest BCUT2D eigenvalue weighted by atomic mass is 79.9. The molecule has 1 aromatic carbocycles. The number of benzene rings is 1. The van der Waals surface area contributed by atoms with Gasteiger partial charge in [0.1, 0.15) is 0 Å². The molecular weight excluding hydrogens is 298 g/mol. The Balaban J connectivity index is 2.39. The molecule has 1 heterocycles. The number of hydrogen-bond donors (Lipinski definition) is 2. The molecule has 0 unspecified atom stereocenters. The first-order valence-electron chi connectivity index (χ1n) is 5.32. The highest BCUT2D eigenvalue weighted by Gasteiger charge is 2.17. The number of nitrogens with two attached hydrogens (primary N) is 1. The number of hydrogen-bond acceptors (Lipinski definition) is 4. The maximum atomic E-state index is 11.4. The molecule has 0 saturated carbocycles. The number of halogens is 1. The van der Waals surface area contributed by atoms with E-state index in [9.17, 15) is 4.79 Å². The third kappa shape index (κ3) is 2.60. The van der Waals surface area contributed by atoms with Crippen LogP contribution in [-0.4, -0.2) is 11.1 Å². The maximum absolute atomic E-state index is 11.4. The van der Waals surface area contributed by atoms with Crippen molar-refractivity contribution in [1.82, 2.24) is 10.6 Å². The Bertz CT molecular complexity index is 563. The summed E-state index contributed by atoms with van der Waals surface area (Å²) in [5.74, 6) is 5.41. The number of amides is 1. The van der Waals surface area contributed by atoms with E-state index in [-0.39, 0.29) is 12.3 Å². The molecule has 0 saturated heterocycles. The van der Waals surface area contributed by atoms with Crippen molar-refractivity contribution in [2.75, 3.05) is 0 Å². The van der Waals surface area contributed by atoms with Crippen molar-refractivity contribution in [1.29, 1.82) is 0 Å². The Hall–Kier alpha value is -1.66. The summed E-state index contributed by atoms with van der Waals surface area (Å²) in [6.45, 7) is 1.80. The van der Waals surface area contributed by atoms with Crippen molar-refractivity contribution in [3.63, 3.8) is 0 Å². The minimum atomic E-state index is -0.278. The zero-order valence-corrected chi connectivity index (χ0v) is 11.3. The van der Waals surface area contributed by atoms with E-state index in [1.54, 1.807) is 6.92 Å². The van der Waals surface area contributed by atoms with Gasteiger partial charge in [-0.05, 0) is 19.1 Å². The van der Waals surface area contributed by atoms with Gasteiger partial charge in [-0.3, -0.25) is 10.2 Å². The van der Waals surface area contributed by atoms with Crippen molar-refractivity contribution < 1.29 is 9.32 Å². The van der Waals surface area contributed by atoms with Crippen LogP contribution in [0.3, 0.4) is 0 Å². The van der Waals surface area contributed by atoms with Gasteiger partial charge in [-0.1, -0.05) is 33.2 Å². The summed E-state index contributed by atoms with van der Waals surface area (Å²) < 4.78 is 6.26. The standard InChI is InChI=1S/C12H12BrN3O2/c1-7-10(6-11(17)15-14)12(18-16-7)8-2-4-9(13)5-3-8/h2-5H,6,14H2,1H3,(H,15,17). The Morgan fingerprint density at radius 3 is 2.72 bits per heavy atom. The first kappa shape index (κ1) is 12.8. The van der Waals surface area contributed by atoms with Gasteiger partial charge in [0.15, 0.2) is 5.76 Å². The fraction of sp³-hybridized carbons (Fsp3) is 0.167. The van der Waals surface area contributed by atoms with E-state index in [1.807, 2.05) is 24.3 Å². The molecule has 94 valence electrons. The van der Waals surface area contributed by atoms with Gasteiger partial charge in [-0.25, -0.2) is 5.84 Å². The van der Waals surface area contributed by atoms with E-state index in [2.05, 4.69) is 26.5 Å². The summed E-state index contributed by atoms with van der Waals surface area (Å²) >= 11 is 3.37. The van der Waals surface area contributed by atoms with E-state index in [0.717, 1.165) is 15.6 Å². The summed E-state index contributed by atoms with van der Waals surface area (Å²) in [5.41, 5.74) is 4.42. The van der Waals surface area contributed by atoms with E-state index in [1.165, 1.54) is 0 Å². The van der Waals surface area contributed by atoms with Crippen molar-refractivity contribution in [3.8, 4) is 11.3 Å². The zero-order valence-electron chi connectivity index (χ0n) is 9.74. The van der Waals surface area contributed by atoms with Crippen LogP contribution >= 0.6 is 15.9 Å². The van der Waals surface area contributed by atoms with E-state index >= 15 is 0 Å². The Morgan fingerprint density at radius 1 is 1.44 bits per heavy atom. The van der Waals surface area contributed by atoms with E-state index < -0.39 is 0 Å². The third-order valence-corrected chi connectivity index (χ3v) is 3.12. The van der Waals surface area contributed by atoms with Gasteiger partial charge in [0.05, 0.1) is 12.1 Å². The van der Waals surface area contributed by atoms with Crippen LogP contribution in [0.4, 0.5) is 0 Å². The first-order valence-corrected chi connectivity index (χ1v) is 6.11. The Morgan fingerprint density at radius 2 is 2.11 bits per heavy atom. The molecule has 0 atom stereocenters.